The molecule has 1 aliphatic rings. The number of aliphatic hydroxyl groups is 1. The lowest BCUT2D eigenvalue weighted by atomic mass is 9.95. The first-order valence-electron chi connectivity index (χ1n) is 3.26. The van der Waals surface area contributed by atoms with E-state index in [2.05, 4.69) is 6.08 Å². The van der Waals surface area contributed by atoms with Crippen molar-refractivity contribution in [2.45, 2.75) is 25.3 Å². The van der Waals surface area contributed by atoms with Crippen LogP contribution in [0.1, 0.15) is 19.8 Å². The van der Waals surface area contributed by atoms with E-state index in [-0.39, 0.29) is 12.1 Å². The van der Waals surface area contributed by atoms with Crippen molar-refractivity contribution >= 4 is 0 Å². The number of hydrogen-bond acceptors (Lipinski definition) is 2. The molecule has 1 unspecified atom stereocenters. The number of rotatable bonds is 1. The minimum absolute atomic E-state index is 0.0787. The van der Waals surface area contributed by atoms with Crippen molar-refractivity contribution in [2.75, 3.05) is 6.61 Å². The number of aliphatic hydroxyl groups excluding tert-OH is 1. The molecule has 0 aromatic heterocycles. The second-order valence-electron chi connectivity index (χ2n) is 2.74. The molecule has 3 N–H and O–H groups in total. The molecular weight excluding hydrogens is 114 g/mol. The molecule has 52 valence electrons. The maximum atomic E-state index is 8.83. The summed E-state index contributed by atoms with van der Waals surface area (Å²) in [6.07, 6.45) is 4.01. The summed E-state index contributed by atoms with van der Waals surface area (Å²) >= 11 is 0. The normalized spacial score (nSPS) is 34.8. The van der Waals surface area contributed by atoms with E-state index >= 15 is 0 Å². The predicted molar refractivity (Wildman–Crippen MR) is 37.0 cm³/mol. The topological polar surface area (TPSA) is 46.2 Å². The number of hydrogen-bond donors (Lipinski definition) is 2. The van der Waals surface area contributed by atoms with Gasteiger partial charge in [0, 0.05) is 0 Å². The fraction of sp³-hybridized carbons (Fsp3) is 0.714. The van der Waals surface area contributed by atoms with Crippen molar-refractivity contribution in [2.24, 2.45) is 5.73 Å². The Morgan fingerprint density at radius 1 is 1.89 bits per heavy atom. The highest BCUT2D eigenvalue weighted by molar-refractivity contribution is 5.22. The van der Waals surface area contributed by atoms with Gasteiger partial charge < -0.3 is 10.8 Å². The SMILES string of the molecule is CC1=CCCC1(N)CO. The third-order valence-corrected chi connectivity index (χ3v) is 2.11. The highest BCUT2D eigenvalue weighted by atomic mass is 16.3. The van der Waals surface area contributed by atoms with E-state index < -0.39 is 0 Å². The molecule has 0 bridgehead atoms. The lowest BCUT2D eigenvalue weighted by Gasteiger charge is -2.22. The van der Waals surface area contributed by atoms with E-state index in [4.69, 9.17) is 10.8 Å². The molecule has 0 spiro atoms. The summed E-state index contributed by atoms with van der Waals surface area (Å²) in [6, 6.07) is 0. The van der Waals surface area contributed by atoms with E-state index in [1.54, 1.807) is 0 Å². The van der Waals surface area contributed by atoms with Crippen LogP contribution in [0.25, 0.3) is 0 Å². The van der Waals surface area contributed by atoms with Crippen LogP contribution in [0.4, 0.5) is 0 Å². The maximum Gasteiger partial charge on any atom is 0.0649 e. The van der Waals surface area contributed by atoms with Crippen molar-refractivity contribution < 1.29 is 5.11 Å². The molecule has 1 rings (SSSR count). The smallest absolute Gasteiger partial charge is 0.0649 e. The maximum absolute atomic E-state index is 8.83. The fourth-order valence-electron chi connectivity index (χ4n) is 1.15. The lowest BCUT2D eigenvalue weighted by molar-refractivity contribution is 0.219. The second kappa shape index (κ2) is 2.12. The molecule has 0 saturated heterocycles. The Morgan fingerprint density at radius 2 is 2.56 bits per heavy atom. The summed E-state index contributed by atoms with van der Waals surface area (Å²) in [4.78, 5) is 0. The van der Waals surface area contributed by atoms with E-state index in [1.807, 2.05) is 6.92 Å². The van der Waals surface area contributed by atoms with Crippen molar-refractivity contribution in [3.8, 4) is 0 Å². The minimum Gasteiger partial charge on any atom is -0.394 e. The molecular formula is C7H13NO. The Hall–Kier alpha value is -0.340. The molecule has 2 heteroatoms. The lowest BCUT2D eigenvalue weighted by Crippen LogP contribution is -2.42. The molecule has 0 amide bonds. The van der Waals surface area contributed by atoms with Crippen molar-refractivity contribution in [3.05, 3.63) is 11.6 Å². The molecule has 0 radical (unpaired) electrons. The van der Waals surface area contributed by atoms with Crippen LogP contribution in [0.5, 0.6) is 0 Å². The molecule has 0 fully saturated rings. The highest BCUT2D eigenvalue weighted by Crippen LogP contribution is 2.26. The Kier molecular flexibility index (Phi) is 1.60. The third kappa shape index (κ3) is 1.00. The quantitative estimate of drug-likeness (QED) is 0.501. The molecule has 9 heavy (non-hydrogen) atoms. The van der Waals surface area contributed by atoms with E-state index in [0.29, 0.717) is 0 Å². The summed E-state index contributed by atoms with van der Waals surface area (Å²) < 4.78 is 0. The number of allylic oxidation sites excluding steroid dienone is 1. The fourth-order valence-corrected chi connectivity index (χ4v) is 1.15. The molecule has 0 aromatic rings. The Balaban J connectivity index is 2.70. The molecule has 0 aliphatic heterocycles. The van der Waals surface area contributed by atoms with Crippen LogP contribution in [0.15, 0.2) is 11.6 Å². The molecule has 2 nitrogen and oxygen atoms in total. The van der Waals surface area contributed by atoms with Gasteiger partial charge in [0.25, 0.3) is 0 Å². The molecule has 0 heterocycles. The van der Waals surface area contributed by atoms with Gasteiger partial charge in [-0.05, 0) is 19.8 Å². The van der Waals surface area contributed by atoms with Gasteiger partial charge in [0.05, 0.1) is 12.1 Å². The molecule has 0 saturated carbocycles. The summed E-state index contributed by atoms with van der Waals surface area (Å²) in [7, 11) is 0. The first-order valence-corrected chi connectivity index (χ1v) is 3.26. The van der Waals surface area contributed by atoms with Gasteiger partial charge in [-0.25, -0.2) is 0 Å². The zero-order valence-electron chi connectivity index (χ0n) is 5.72. The van der Waals surface area contributed by atoms with Gasteiger partial charge in [-0.1, -0.05) is 11.6 Å². The Morgan fingerprint density at radius 3 is 2.78 bits per heavy atom. The third-order valence-electron chi connectivity index (χ3n) is 2.11. The van der Waals surface area contributed by atoms with Crippen LogP contribution in [0.2, 0.25) is 0 Å². The summed E-state index contributed by atoms with van der Waals surface area (Å²) in [5.74, 6) is 0. The summed E-state index contributed by atoms with van der Waals surface area (Å²) in [6.45, 7) is 2.05. The van der Waals surface area contributed by atoms with Crippen molar-refractivity contribution in [1.29, 1.82) is 0 Å². The van der Waals surface area contributed by atoms with Gasteiger partial charge in [-0.2, -0.15) is 0 Å². The van der Waals surface area contributed by atoms with Gasteiger partial charge in [0.1, 0.15) is 0 Å². The monoisotopic (exact) mass is 127 g/mol. The zero-order valence-corrected chi connectivity index (χ0v) is 5.72. The second-order valence-corrected chi connectivity index (χ2v) is 2.74. The van der Waals surface area contributed by atoms with Crippen LogP contribution in [-0.4, -0.2) is 17.3 Å². The molecule has 1 aliphatic carbocycles. The standard InChI is InChI=1S/C7H13NO/c1-6-3-2-4-7(6,8)5-9/h3,9H,2,4-5,8H2,1H3. The summed E-state index contributed by atoms with van der Waals surface area (Å²) in [5, 5.41) is 8.83. The van der Waals surface area contributed by atoms with E-state index in [0.717, 1.165) is 18.4 Å². The molecule has 0 aromatic carbocycles. The first-order chi connectivity index (χ1) is 4.19. The van der Waals surface area contributed by atoms with Gasteiger partial charge in [0.2, 0.25) is 0 Å². The number of nitrogens with two attached hydrogens (primary N) is 1. The van der Waals surface area contributed by atoms with E-state index in [1.165, 1.54) is 0 Å². The van der Waals surface area contributed by atoms with Crippen LogP contribution in [0, 0.1) is 0 Å². The van der Waals surface area contributed by atoms with Crippen molar-refractivity contribution in [3.63, 3.8) is 0 Å². The highest BCUT2D eigenvalue weighted by Gasteiger charge is 2.28. The van der Waals surface area contributed by atoms with Gasteiger partial charge in [0.15, 0.2) is 0 Å². The van der Waals surface area contributed by atoms with Crippen LogP contribution >= 0.6 is 0 Å². The Bertz CT molecular complexity index is 142. The largest absolute Gasteiger partial charge is 0.394 e. The van der Waals surface area contributed by atoms with Gasteiger partial charge >= 0.3 is 0 Å². The van der Waals surface area contributed by atoms with Crippen LogP contribution < -0.4 is 5.73 Å². The average Bonchev–Trinajstić information content (AvgIpc) is 2.15. The van der Waals surface area contributed by atoms with Crippen LogP contribution in [-0.2, 0) is 0 Å². The van der Waals surface area contributed by atoms with Gasteiger partial charge in [-0.3, -0.25) is 0 Å². The van der Waals surface area contributed by atoms with E-state index in [9.17, 15) is 0 Å². The van der Waals surface area contributed by atoms with Crippen LogP contribution in [0.3, 0.4) is 0 Å². The Labute approximate surface area is 55.4 Å². The predicted octanol–water partition coefficient (Wildman–Crippen LogP) is 0.416. The first kappa shape index (κ1) is 6.78. The summed E-state index contributed by atoms with van der Waals surface area (Å²) in [5.41, 5.74) is 6.52. The zero-order chi connectivity index (χ0) is 6.91. The van der Waals surface area contributed by atoms with Crippen molar-refractivity contribution in [1.82, 2.24) is 0 Å². The average molecular weight is 127 g/mol. The minimum atomic E-state index is -0.389. The molecule has 1 atom stereocenters. The van der Waals surface area contributed by atoms with Gasteiger partial charge in [-0.15, -0.1) is 0 Å².